The van der Waals surface area contributed by atoms with Gasteiger partial charge in [-0.2, -0.15) is 0 Å². The van der Waals surface area contributed by atoms with Gasteiger partial charge in [0, 0.05) is 32.9 Å². The third kappa shape index (κ3) is 6.00. The summed E-state index contributed by atoms with van der Waals surface area (Å²) in [5.74, 6) is 0. The Morgan fingerprint density at radius 2 is 0.698 bits per heavy atom. The van der Waals surface area contributed by atoms with Gasteiger partial charge in [0.1, 0.15) is 0 Å². The molecular weight excluding hydrogens is 777 g/mol. The molecule has 10 aromatic carbocycles. The molecule has 0 spiro atoms. The maximum absolute atomic E-state index is 10.6. The minimum atomic E-state index is -6.61. The third-order valence-corrected chi connectivity index (χ3v) is 14.3. The highest BCUT2D eigenvalue weighted by Gasteiger charge is 2.41. The number of nitrogens with zero attached hydrogens (tertiary/aromatic N) is 2. The molecule has 0 saturated heterocycles. The second-order valence-corrected chi connectivity index (χ2v) is 17.1. The Morgan fingerprint density at radius 1 is 0.286 bits per heavy atom. The first-order valence-electron chi connectivity index (χ1n) is 37.3. The number of hydrogen-bond acceptors (Lipinski definition) is 0. The summed E-state index contributed by atoms with van der Waals surface area (Å²) in [5, 5.41) is -7.56. The van der Waals surface area contributed by atoms with Gasteiger partial charge in [-0.25, -0.2) is 0 Å². The predicted molar refractivity (Wildman–Crippen MR) is 270 cm³/mol. The van der Waals surface area contributed by atoms with E-state index in [9.17, 15) is 30.2 Å². The molecule has 0 saturated carbocycles. The van der Waals surface area contributed by atoms with Crippen molar-refractivity contribution in [3.05, 3.63) is 254 Å². The molecule has 0 aliphatic heterocycles. The van der Waals surface area contributed by atoms with Crippen LogP contribution in [0.1, 0.15) is 50.7 Å². The van der Waals surface area contributed by atoms with E-state index in [4.69, 9.17) is 20.6 Å². The fourth-order valence-electron chi connectivity index (χ4n) is 7.63. The molecule has 2 nitrogen and oxygen atoms in total. The normalized spacial score (nSPS) is 20.0. The Morgan fingerprint density at radius 3 is 1.22 bits per heavy atom. The van der Waals surface area contributed by atoms with E-state index in [2.05, 4.69) is 0 Å². The summed E-state index contributed by atoms with van der Waals surface area (Å²) < 4.78 is 348. The number of para-hydroxylation sites is 3. The standard InChI is InChI=1S/C60H42N2Si/c1-5-21-47(22-6-1)61-57-33-15-13-31-53(57)55-40-45(35-37-59(55)61)43-19-17-20-44(39-43)46-36-38-60-56(41-46)54-32-14-16-34-58(54)62(60)48-23-18-30-52(42-48)63(49-24-7-2-8-25-49,50-26-9-3-10-27-50)51-28-11-4-12-29-51/h1-42H/i2D,3D,4D,7D,8D,9D,10D,11D,12D,13D,14D,15D,16D,17D,18D,19D,20D,23D,24D,25D,26D,27D,28D,29D,30D,31D,32D,33D,34D,35D,36D,37D,38D,39D,40D,41D,42D. The maximum Gasteiger partial charge on any atom is 0.179 e. The lowest BCUT2D eigenvalue weighted by Crippen LogP contribution is -2.74. The average Bonchev–Trinajstić information content (AvgIpc) is 0.940. The summed E-state index contributed by atoms with van der Waals surface area (Å²) in [4.78, 5) is 0. The van der Waals surface area contributed by atoms with Crippen LogP contribution in [0.2, 0.25) is 0 Å². The molecule has 0 bridgehead atoms. The van der Waals surface area contributed by atoms with Gasteiger partial charge < -0.3 is 9.13 Å². The molecule has 0 aliphatic rings. The van der Waals surface area contributed by atoms with Crippen LogP contribution in [-0.2, 0) is 0 Å². The highest BCUT2D eigenvalue weighted by molar-refractivity contribution is 7.19. The van der Waals surface area contributed by atoms with Crippen LogP contribution in [0.15, 0.2) is 254 Å². The molecule has 0 atom stereocenters. The predicted octanol–water partition coefficient (Wildman–Crippen LogP) is 12.6. The Hall–Kier alpha value is -7.98. The number of fused-ring (bicyclic) bond motifs is 6. The number of aromatic nitrogens is 2. The van der Waals surface area contributed by atoms with Crippen LogP contribution >= 0.6 is 0 Å². The Kier molecular flexibility index (Phi) is 3.64. The van der Waals surface area contributed by atoms with Gasteiger partial charge in [-0.3, -0.25) is 0 Å². The lowest BCUT2D eigenvalue weighted by molar-refractivity contribution is 1.18. The summed E-state index contributed by atoms with van der Waals surface area (Å²) in [6.07, 6.45) is 0. The van der Waals surface area contributed by atoms with Crippen LogP contribution in [0.25, 0.3) is 77.2 Å². The van der Waals surface area contributed by atoms with E-state index in [1.54, 1.807) is 18.2 Å². The minimum absolute atomic E-state index is 0.208. The first-order valence-corrected chi connectivity index (χ1v) is 20.8. The molecule has 0 N–H and O–H groups in total. The Labute approximate surface area is 420 Å². The number of hydrogen-bond donors (Lipinski definition) is 0. The zero-order valence-corrected chi connectivity index (χ0v) is 32.8. The Bertz CT molecular complexity index is 5570. The van der Waals surface area contributed by atoms with Crippen LogP contribution in [0.5, 0.6) is 0 Å². The van der Waals surface area contributed by atoms with Crippen molar-refractivity contribution >= 4 is 72.4 Å². The SMILES string of the molecule is [2H]c1c([2H])c([2H])c([Si](c2c([2H])c([2H])c([2H])c([2H])c2[2H])(c2c([2H])c([2H])c([2H])c([2H])c2[2H])c2c([2H])c([2H])c([2H])c(-n3c4c([2H])c([2H])c([2H])c([2H])c4c4c([2H])c(-c5c([2H])c([2H])c([2H])c(-c6c([2H])c([2H])c7c(c6[2H])c6c([2H])c([2H])c([2H])c([2H])c6n7-c6ccccc6)c5[2H])c([2H])c([2H])c43)c2[2H])c([2H])c1[2H]. The van der Waals surface area contributed by atoms with E-state index in [1.807, 2.05) is 0 Å². The van der Waals surface area contributed by atoms with Crippen LogP contribution in [0.4, 0.5) is 0 Å². The van der Waals surface area contributed by atoms with E-state index in [0.717, 1.165) is 0 Å². The van der Waals surface area contributed by atoms with Crippen LogP contribution < -0.4 is 20.7 Å². The fourth-order valence-corrected chi connectivity index (χ4v) is 11.2. The number of rotatable bonds is 8. The van der Waals surface area contributed by atoms with Gasteiger partial charge in [-0.1, -0.05) is 187 Å². The van der Waals surface area contributed by atoms with Crippen molar-refractivity contribution in [3.63, 3.8) is 0 Å². The van der Waals surface area contributed by atoms with Crippen molar-refractivity contribution < 1.29 is 50.7 Å². The van der Waals surface area contributed by atoms with Gasteiger partial charge in [0.05, 0.1) is 72.8 Å². The molecular formula is C60H42N2Si. The molecule has 2 heterocycles. The van der Waals surface area contributed by atoms with Gasteiger partial charge >= 0.3 is 0 Å². The van der Waals surface area contributed by atoms with Crippen molar-refractivity contribution in [2.24, 2.45) is 0 Å². The second-order valence-electron chi connectivity index (χ2n) is 13.6. The summed E-state index contributed by atoms with van der Waals surface area (Å²) in [5.41, 5.74) is -7.25. The van der Waals surface area contributed by atoms with E-state index in [0.29, 0.717) is 4.57 Å². The highest BCUT2D eigenvalue weighted by Crippen LogP contribution is 2.38. The van der Waals surface area contributed by atoms with Crippen LogP contribution in [0, 0.1) is 0 Å². The lowest BCUT2D eigenvalue weighted by atomic mass is 9.97. The van der Waals surface area contributed by atoms with E-state index in [1.165, 1.54) is 16.7 Å². The van der Waals surface area contributed by atoms with Gasteiger partial charge in [0.25, 0.3) is 0 Å². The van der Waals surface area contributed by atoms with Crippen molar-refractivity contribution in [2.75, 3.05) is 0 Å². The molecule has 2 aromatic heterocycles. The first-order chi connectivity index (χ1) is 46.7. The average molecular weight is 856 g/mol. The molecule has 0 unspecified atom stereocenters. The summed E-state index contributed by atoms with van der Waals surface area (Å²) in [7, 11) is -6.61. The monoisotopic (exact) mass is 856 g/mol. The molecule has 12 aromatic rings. The summed E-state index contributed by atoms with van der Waals surface area (Å²) >= 11 is 0. The first kappa shape index (κ1) is 15.1. The quantitative estimate of drug-likeness (QED) is 0.106. The van der Waals surface area contributed by atoms with Crippen molar-refractivity contribution in [3.8, 4) is 33.6 Å². The Balaban J connectivity index is 1.29. The summed E-state index contributed by atoms with van der Waals surface area (Å²) in [6, 6.07) is -35.3. The fraction of sp³-hybridized carbons (Fsp3) is 0. The lowest BCUT2D eigenvalue weighted by Gasteiger charge is -2.34. The van der Waals surface area contributed by atoms with E-state index < -0.39 is 308 Å². The van der Waals surface area contributed by atoms with Crippen LogP contribution in [0.3, 0.4) is 0 Å². The molecule has 296 valence electrons. The molecule has 63 heavy (non-hydrogen) atoms. The van der Waals surface area contributed by atoms with Crippen LogP contribution in [-0.4, -0.2) is 17.2 Å². The molecule has 0 radical (unpaired) electrons. The summed E-state index contributed by atoms with van der Waals surface area (Å²) in [6.45, 7) is 0. The molecule has 12 rings (SSSR count). The topological polar surface area (TPSA) is 9.86 Å². The highest BCUT2D eigenvalue weighted by atomic mass is 28.3. The van der Waals surface area contributed by atoms with Crippen molar-refractivity contribution in [1.82, 2.24) is 9.13 Å². The van der Waals surface area contributed by atoms with E-state index >= 15 is 0 Å². The van der Waals surface area contributed by atoms with Crippen molar-refractivity contribution in [1.29, 1.82) is 0 Å². The molecule has 0 amide bonds. The van der Waals surface area contributed by atoms with Gasteiger partial charge in [-0.15, -0.1) is 0 Å². The minimum Gasteiger partial charge on any atom is -0.309 e. The van der Waals surface area contributed by atoms with Crippen molar-refractivity contribution in [2.45, 2.75) is 0 Å². The molecule has 0 fully saturated rings. The zero-order valence-electron chi connectivity index (χ0n) is 68.8. The second kappa shape index (κ2) is 15.2. The zero-order chi connectivity index (χ0) is 73.9. The van der Waals surface area contributed by atoms with Gasteiger partial charge in [0.2, 0.25) is 0 Å². The molecule has 0 aliphatic carbocycles. The third-order valence-electron chi connectivity index (χ3n) is 10.3. The maximum atomic E-state index is 10.6. The van der Waals surface area contributed by atoms with Gasteiger partial charge in [0.15, 0.2) is 8.07 Å². The van der Waals surface area contributed by atoms with Gasteiger partial charge in [-0.05, 0) is 110 Å². The molecule has 3 heteroatoms. The largest absolute Gasteiger partial charge is 0.309 e. The van der Waals surface area contributed by atoms with E-state index in [-0.39, 0.29) is 22.1 Å². The smallest absolute Gasteiger partial charge is 0.179 e. The number of benzene rings is 10.